The van der Waals surface area contributed by atoms with Gasteiger partial charge in [0.05, 0.1) is 11.8 Å². The third-order valence-electron chi connectivity index (χ3n) is 3.23. The first-order chi connectivity index (χ1) is 8.92. The fraction of sp³-hybridized carbons (Fsp3) is 0.357. The summed E-state index contributed by atoms with van der Waals surface area (Å²) in [6.45, 7) is 1.78. The van der Waals surface area contributed by atoms with Crippen molar-refractivity contribution < 1.29 is 4.74 Å². The fourth-order valence-corrected chi connectivity index (χ4v) is 2.25. The SMILES string of the molecule is c1cc(NCC2CCCO2)cc(-c2ccn[nH]2)c1. The lowest BCUT2D eigenvalue weighted by Gasteiger charge is -2.12. The molecular formula is C14H17N3O. The van der Waals surface area contributed by atoms with Crippen molar-refractivity contribution in [2.45, 2.75) is 18.9 Å². The van der Waals surface area contributed by atoms with E-state index in [9.17, 15) is 0 Å². The standard InChI is InChI=1S/C14H17N3O/c1-3-11(14-6-7-16-17-14)9-12(4-1)15-10-13-5-2-8-18-13/h1,3-4,6-7,9,13,15H,2,5,8,10H2,(H,16,17). The minimum Gasteiger partial charge on any atom is -0.382 e. The van der Waals surface area contributed by atoms with E-state index >= 15 is 0 Å². The van der Waals surface area contributed by atoms with Crippen LogP contribution in [0.25, 0.3) is 11.3 Å². The Balaban J connectivity index is 1.67. The number of rotatable bonds is 4. The van der Waals surface area contributed by atoms with E-state index in [1.807, 2.05) is 12.1 Å². The second-order valence-corrected chi connectivity index (χ2v) is 4.57. The highest BCUT2D eigenvalue weighted by Gasteiger charge is 2.14. The van der Waals surface area contributed by atoms with Gasteiger partial charge in [0.25, 0.3) is 0 Å². The molecule has 94 valence electrons. The van der Waals surface area contributed by atoms with E-state index in [1.165, 1.54) is 6.42 Å². The Kier molecular flexibility index (Phi) is 3.28. The fourth-order valence-electron chi connectivity index (χ4n) is 2.25. The van der Waals surface area contributed by atoms with Crippen LogP contribution in [0.5, 0.6) is 0 Å². The number of nitrogens with one attached hydrogen (secondary N) is 2. The largest absolute Gasteiger partial charge is 0.382 e. The molecule has 1 aliphatic heterocycles. The Morgan fingerprint density at radius 3 is 3.17 bits per heavy atom. The van der Waals surface area contributed by atoms with Crippen molar-refractivity contribution >= 4 is 5.69 Å². The molecule has 0 spiro atoms. The summed E-state index contributed by atoms with van der Waals surface area (Å²) in [4.78, 5) is 0. The zero-order chi connectivity index (χ0) is 12.2. The third-order valence-corrected chi connectivity index (χ3v) is 3.23. The first-order valence-electron chi connectivity index (χ1n) is 6.37. The number of nitrogens with zero attached hydrogens (tertiary/aromatic N) is 1. The molecule has 0 radical (unpaired) electrons. The molecule has 0 bridgehead atoms. The van der Waals surface area contributed by atoms with Gasteiger partial charge in [0.15, 0.2) is 0 Å². The maximum atomic E-state index is 5.60. The number of hydrogen-bond donors (Lipinski definition) is 2. The van der Waals surface area contributed by atoms with Crippen LogP contribution in [-0.4, -0.2) is 29.5 Å². The van der Waals surface area contributed by atoms with Gasteiger partial charge >= 0.3 is 0 Å². The average molecular weight is 243 g/mol. The van der Waals surface area contributed by atoms with Crippen LogP contribution in [-0.2, 0) is 4.74 Å². The zero-order valence-electron chi connectivity index (χ0n) is 10.2. The molecule has 4 nitrogen and oxygen atoms in total. The Bertz CT molecular complexity index is 490. The van der Waals surface area contributed by atoms with Crippen LogP contribution >= 0.6 is 0 Å². The van der Waals surface area contributed by atoms with Gasteiger partial charge in [-0.3, -0.25) is 5.10 Å². The summed E-state index contributed by atoms with van der Waals surface area (Å²) in [6.07, 6.45) is 4.47. The monoisotopic (exact) mass is 243 g/mol. The van der Waals surface area contributed by atoms with Crippen molar-refractivity contribution in [1.29, 1.82) is 0 Å². The minimum absolute atomic E-state index is 0.362. The van der Waals surface area contributed by atoms with Crippen LogP contribution in [0.1, 0.15) is 12.8 Å². The number of aromatic nitrogens is 2. The summed E-state index contributed by atoms with van der Waals surface area (Å²) >= 11 is 0. The van der Waals surface area contributed by atoms with Gasteiger partial charge < -0.3 is 10.1 Å². The number of aromatic amines is 1. The average Bonchev–Trinajstić information content (AvgIpc) is 3.10. The van der Waals surface area contributed by atoms with Crippen LogP contribution in [0, 0.1) is 0 Å². The van der Waals surface area contributed by atoms with Gasteiger partial charge in [0.2, 0.25) is 0 Å². The van der Waals surface area contributed by atoms with E-state index in [2.05, 4.69) is 33.7 Å². The van der Waals surface area contributed by atoms with Gasteiger partial charge in [-0.25, -0.2) is 0 Å². The molecule has 0 amide bonds. The maximum absolute atomic E-state index is 5.60. The molecule has 1 atom stereocenters. The van der Waals surface area contributed by atoms with Crippen LogP contribution in [0.3, 0.4) is 0 Å². The number of anilines is 1. The van der Waals surface area contributed by atoms with Gasteiger partial charge in [-0.2, -0.15) is 5.10 Å². The van der Waals surface area contributed by atoms with Crippen LogP contribution < -0.4 is 5.32 Å². The Labute approximate surface area is 106 Å². The molecule has 1 aromatic carbocycles. The molecule has 4 heteroatoms. The summed E-state index contributed by atoms with van der Waals surface area (Å²) in [6, 6.07) is 10.3. The molecule has 1 unspecified atom stereocenters. The van der Waals surface area contributed by atoms with Crippen molar-refractivity contribution in [2.24, 2.45) is 0 Å². The normalized spacial score (nSPS) is 19.0. The predicted octanol–water partition coefficient (Wildman–Crippen LogP) is 2.67. The van der Waals surface area contributed by atoms with Crippen LogP contribution in [0.15, 0.2) is 36.5 Å². The van der Waals surface area contributed by atoms with E-state index < -0.39 is 0 Å². The van der Waals surface area contributed by atoms with Crippen LogP contribution in [0.2, 0.25) is 0 Å². The molecule has 18 heavy (non-hydrogen) atoms. The lowest BCUT2D eigenvalue weighted by Crippen LogP contribution is -2.18. The third kappa shape index (κ3) is 2.54. The minimum atomic E-state index is 0.362. The van der Waals surface area contributed by atoms with Crippen molar-refractivity contribution in [2.75, 3.05) is 18.5 Å². The van der Waals surface area contributed by atoms with E-state index in [1.54, 1.807) is 6.20 Å². The first kappa shape index (κ1) is 11.3. The second kappa shape index (κ2) is 5.23. The van der Waals surface area contributed by atoms with Crippen molar-refractivity contribution in [3.63, 3.8) is 0 Å². The molecular weight excluding hydrogens is 226 g/mol. The molecule has 1 aliphatic rings. The van der Waals surface area contributed by atoms with Gasteiger partial charge in [0, 0.05) is 30.6 Å². The molecule has 1 saturated heterocycles. The van der Waals surface area contributed by atoms with E-state index in [-0.39, 0.29) is 0 Å². The van der Waals surface area contributed by atoms with Crippen molar-refractivity contribution in [3.05, 3.63) is 36.5 Å². The number of H-pyrrole nitrogens is 1. The molecule has 2 N–H and O–H groups in total. The molecule has 0 aliphatic carbocycles. The maximum Gasteiger partial charge on any atom is 0.0748 e. The van der Waals surface area contributed by atoms with Crippen LogP contribution in [0.4, 0.5) is 5.69 Å². The first-order valence-corrected chi connectivity index (χ1v) is 6.37. The second-order valence-electron chi connectivity index (χ2n) is 4.57. The highest BCUT2D eigenvalue weighted by atomic mass is 16.5. The highest BCUT2D eigenvalue weighted by Crippen LogP contribution is 2.21. The molecule has 1 fully saturated rings. The molecule has 0 saturated carbocycles. The summed E-state index contributed by atoms with van der Waals surface area (Å²) in [5.74, 6) is 0. The topological polar surface area (TPSA) is 49.9 Å². The molecule has 3 rings (SSSR count). The molecule has 2 heterocycles. The number of benzene rings is 1. The molecule has 2 aromatic rings. The van der Waals surface area contributed by atoms with Gasteiger partial charge in [-0.15, -0.1) is 0 Å². The van der Waals surface area contributed by atoms with E-state index in [0.29, 0.717) is 6.10 Å². The Morgan fingerprint density at radius 1 is 1.39 bits per heavy atom. The highest BCUT2D eigenvalue weighted by molar-refractivity contribution is 5.64. The van der Waals surface area contributed by atoms with Gasteiger partial charge in [0.1, 0.15) is 0 Å². The predicted molar refractivity (Wildman–Crippen MR) is 71.5 cm³/mol. The van der Waals surface area contributed by atoms with Gasteiger partial charge in [-0.1, -0.05) is 12.1 Å². The lowest BCUT2D eigenvalue weighted by atomic mass is 10.1. The quantitative estimate of drug-likeness (QED) is 0.868. The Morgan fingerprint density at radius 2 is 2.39 bits per heavy atom. The number of hydrogen-bond acceptors (Lipinski definition) is 3. The van der Waals surface area contributed by atoms with Crippen molar-refractivity contribution in [1.82, 2.24) is 10.2 Å². The van der Waals surface area contributed by atoms with E-state index in [4.69, 9.17) is 4.74 Å². The lowest BCUT2D eigenvalue weighted by molar-refractivity contribution is 0.120. The molecule has 1 aromatic heterocycles. The zero-order valence-corrected chi connectivity index (χ0v) is 10.2. The summed E-state index contributed by atoms with van der Waals surface area (Å²) < 4.78 is 5.60. The smallest absolute Gasteiger partial charge is 0.0748 e. The summed E-state index contributed by atoms with van der Waals surface area (Å²) in [5.41, 5.74) is 3.30. The Hall–Kier alpha value is -1.81. The summed E-state index contributed by atoms with van der Waals surface area (Å²) in [7, 11) is 0. The van der Waals surface area contributed by atoms with Crippen molar-refractivity contribution in [3.8, 4) is 11.3 Å². The number of ether oxygens (including phenoxy) is 1. The van der Waals surface area contributed by atoms with E-state index in [0.717, 1.165) is 36.5 Å². The van der Waals surface area contributed by atoms with Gasteiger partial charge in [-0.05, 0) is 31.0 Å². The summed E-state index contributed by atoms with van der Waals surface area (Å²) in [5, 5.41) is 10.4.